The van der Waals surface area contributed by atoms with Crippen LogP contribution in [0.1, 0.15) is 122 Å². The molecule has 5 heteroatoms. The van der Waals surface area contributed by atoms with Crippen molar-refractivity contribution in [3.05, 3.63) is 583 Å². The molecule has 0 aliphatic heterocycles. The van der Waals surface area contributed by atoms with Crippen LogP contribution in [-0.4, -0.2) is 17.3 Å². The second-order valence-electron chi connectivity index (χ2n) is 32.6. The van der Waals surface area contributed by atoms with Crippen LogP contribution in [0.15, 0.2) is 461 Å². The Morgan fingerprint density at radius 3 is 0.493 bits per heavy atom. The molecule has 626 valence electrons. The zero-order chi connectivity index (χ0) is 90.3. The monoisotopic (exact) mass is 1710 g/mol. The topological polar surface area (TPSA) is 69.7 Å². The van der Waals surface area contributed by atoms with E-state index >= 15 is 14.4 Å². The van der Waals surface area contributed by atoms with E-state index in [9.17, 15) is 0 Å². The number of hydrogen-bond acceptors (Lipinski definition) is 5. The van der Waals surface area contributed by atoms with Crippen LogP contribution in [0.4, 0.5) is 0 Å². The highest BCUT2D eigenvalue weighted by atomic mass is 16.5. The highest BCUT2D eigenvalue weighted by Crippen LogP contribution is 2.54. The van der Waals surface area contributed by atoms with E-state index in [1.165, 1.54) is 0 Å². The summed E-state index contributed by atoms with van der Waals surface area (Å²) in [5.41, 5.74) is 27.0. The van der Waals surface area contributed by atoms with Gasteiger partial charge < -0.3 is 9.47 Å². The standard InChI is InChI=1S/C129H80O5/c130-127-121(99-41-19-6-20-42-99)115(102-63-57-96(58-64-102)50-47-91-31-13-3-14-32-91)118(124(127)108-67-53-94(54-68-108)39-25-37-89-27-9-1-10-28-89)105-75-83-113(84-76-105)134-114-87-79-107(80-88-114)120-117(123(101-45-23-8-24-46-101)129(132)125(120)109-69-55-95(56-70-109)40-26-38-90-29-11-2-12-30-90)104-73-81-111(82-74-104)133-112-85-77-106(78-86-112)119-116(103-65-59-97(60-66-103)51-48-92-33-15-4-16-34-92)122(100-43-21-7-22-44-100)128(131)126(119)110-71-61-98(62-72-110)52-49-93-35-17-5-18-36-93/h1-24,27-36,41-46,53-88H,39-40H2. The minimum Gasteiger partial charge on any atom is -0.457 e. The fourth-order valence-electron chi connectivity index (χ4n) is 17.3. The summed E-state index contributed by atoms with van der Waals surface area (Å²) >= 11 is 0. The third kappa shape index (κ3) is 18.6. The van der Waals surface area contributed by atoms with Gasteiger partial charge in [0.15, 0.2) is 17.3 Å². The third-order valence-corrected chi connectivity index (χ3v) is 23.8. The lowest BCUT2D eigenvalue weighted by Gasteiger charge is -2.16. The van der Waals surface area contributed by atoms with Gasteiger partial charge in [-0.15, -0.1) is 0 Å². The molecule has 0 heterocycles. The summed E-state index contributed by atoms with van der Waals surface area (Å²) in [6.45, 7) is 0. The lowest BCUT2D eigenvalue weighted by Crippen LogP contribution is -2.02. The molecule has 0 spiro atoms. The van der Waals surface area contributed by atoms with Crippen molar-refractivity contribution < 1.29 is 23.9 Å². The number of benzene rings is 17. The Bertz CT molecular complexity index is 7890. The molecule has 3 aliphatic carbocycles. The van der Waals surface area contributed by atoms with Crippen molar-refractivity contribution in [1.82, 2.24) is 0 Å². The molecule has 0 bridgehead atoms. The number of rotatable bonds is 18. The van der Waals surface area contributed by atoms with Crippen molar-refractivity contribution in [3.8, 4) is 82.2 Å². The van der Waals surface area contributed by atoms with E-state index in [0.29, 0.717) is 69.3 Å². The predicted octanol–water partition coefficient (Wildman–Crippen LogP) is 28.0. The van der Waals surface area contributed by atoms with Gasteiger partial charge in [0, 0.05) is 124 Å². The highest BCUT2D eigenvalue weighted by Gasteiger charge is 2.39. The number of Topliss-reactive ketones (excluding diaryl/α,β-unsaturated/α-hetero) is 3. The molecule has 0 unspecified atom stereocenters. The van der Waals surface area contributed by atoms with Crippen LogP contribution < -0.4 is 9.47 Å². The van der Waals surface area contributed by atoms with Crippen LogP contribution in [0.5, 0.6) is 23.0 Å². The molecule has 134 heavy (non-hydrogen) atoms. The quantitative estimate of drug-likeness (QED) is 0.0801. The maximum absolute atomic E-state index is 16.1. The molecule has 17 aromatic rings. The number of hydrogen-bond donors (Lipinski definition) is 0. The molecule has 0 radical (unpaired) electrons. The molecule has 0 saturated heterocycles. The van der Waals surface area contributed by atoms with E-state index in [1.807, 2.05) is 413 Å². The Hall–Kier alpha value is -18.4. The fraction of sp³-hybridized carbons (Fsp3) is 0.0155. The second-order valence-corrected chi connectivity index (χ2v) is 32.6. The third-order valence-electron chi connectivity index (χ3n) is 23.8. The summed E-state index contributed by atoms with van der Waals surface area (Å²) in [7, 11) is 0. The molecule has 0 N–H and O–H groups in total. The van der Waals surface area contributed by atoms with E-state index < -0.39 is 0 Å². The van der Waals surface area contributed by atoms with Crippen LogP contribution >= 0.6 is 0 Å². The van der Waals surface area contributed by atoms with E-state index in [1.54, 1.807) is 0 Å². The number of carbonyl (C=O) groups is 3. The lowest BCUT2D eigenvalue weighted by atomic mass is 9.88. The van der Waals surface area contributed by atoms with Gasteiger partial charge in [-0.1, -0.05) is 375 Å². The van der Waals surface area contributed by atoms with E-state index in [4.69, 9.17) is 9.47 Å². The van der Waals surface area contributed by atoms with Gasteiger partial charge in [0.1, 0.15) is 23.0 Å². The molecular formula is C129H80O5. The Balaban J connectivity index is 0.637. The van der Waals surface area contributed by atoms with Gasteiger partial charge in [0.2, 0.25) is 0 Å². The number of allylic oxidation sites excluding steroid dienone is 12. The van der Waals surface area contributed by atoms with Crippen molar-refractivity contribution in [3.63, 3.8) is 0 Å². The first kappa shape index (κ1) is 83.8. The zero-order valence-electron chi connectivity index (χ0n) is 72.8. The Morgan fingerprint density at radius 1 is 0.142 bits per heavy atom. The Kier molecular flexibility index (Phi) is 24.4. The van der Waals surface area contributed by atoms with Gasteiger partial charge in [-0.2, -0.15) is 0 Å². The summed E-state index contributed by atoms with van der Waals surface area (Å²) in [4.78, 5) is 47.5. The fourth-order valence-corrected chi connectivity index (χ4v) is 17.3. The van der Waals surface area contributed by atoms with E-state index in [2.05, 4.69) is 108 Å². The van der Waals surface area contributed by atoms with Crippen LogP contribution in [-0.2, 0) is 27.2 Å². The average Bonchev–Trinajstić information content (AvgIpc) is 1.59. The van der Waals surface area contributed by atoms with Crippen LogP contribution in [0.25, 0.3) is 66.9 Å². The number of ketones is 3. The molecular weight excluding hydrogens is 1630 g/mol. The van der Waals surface area contributed by atoms with Crippen LogP contribution in [0, 0.1) is 59.2 Å². The van der Waals surface area contributed by atoms with E-state index in [0.717, 1.165) is 156 Å². The van der Waals surface area contributed by atoms with Gasteiger partial charge in [-0.25, -0.2) is 0 Å². The minimum absolute atomic E-state index is 0.0810. The van der Waals surface area contributed by atoms with Crippen molar-refractivity contribution >= 4 is 84.2 Å². The summed E-state index contributed by atoms with van der Waals surface area (Å²) in [5, 5.41) is 0. The molecule has 0 saturated carbocycles. The zero-order valence-corrected chi connectivity index (χ0v) is 72.8. The van der Waals surface area contributed by atoms with Crippen molar-refractivity contribution in [2.45, 2.75) is 12.8 Å². The first-order valence-electron chi connectivity index (χ1n) is 44.5. The van der Waals surface area contributed by atoms with Gasteiger partial charge in [0.25, 0.3) is 0 Å². The summed E-state index contributed by atoms with van der Waals surface area (Å²) < 4.78 is 13.7. The maximum atomic E-state index is 16.1. The lowest BCUT2D eigenvalue weighted by molar-refractivity contribution is -0.109. The number of ether oxygens (including phenoxy) is 2. The summed E-state index contributed by atoms with van der Waals surface area (Å²) in [6, 6.07) is 152. The Morgan fingerprint density at radius 2 is 0.291 bits per heavy atom. The predicted molar refractivity (Wildman–Crippen MR) is 545 cm³/mol. The summed E-state index contributed by atoms with van der Waals surface area (Å²) in [6.07, 6.45) is 1.06. The SMILES string of the molecule is O=C1C(c2ccccc2)=C(c2ccc(C#Cc3ccccc3)cc2)C(c2ccc(Oc3ccc(C4=C(c5ccccc5)C(=O)C(c5ccc(CC#Cc6ccccc6)cc5)=C4c4ccc(Oc5ccc(C6=C(c7ccc(CC#Cc8ccccc8)cc7)C(=O)C(c7ccccc7)=C6c6ccc(C#Cc7ccccc7)cc6)cc5)cc4)cc3)cc2)=C1c1ccc(C#Cc2ccccc2)cc1. The largest absolute Gasteiger partial charge is 0.457 e. The van der Waals surface area contributed by atoms with Gasteiger partial charge in [-0.3, -0.25) is 14.4 Å². The summed E-state index contributed by atoms with van der Waals surface area (Å²) in [5.74, 6) is 35.2. The molecule has 3 aliphatic rings. The molecule has 0 amide bonds. The highest BCUT2D eigenvalue weighted by molar-refractivity contribution is 6.61. The van der Waals surface area contributed by atoms with Crippen molar-refractivity contribution in [2.75, 3.05) is 0 Å². The normalized spacial score (nSPS) is 12.7. The first-order chi connectivity index (χ1) is 66.2. The molecule has 20 rings (SSSR count). The van der Waals surface area contributed by atoms with E-state index in [-0.39, 0.29) is 17.3 Å². The van der Waals surface area contributed by atoms with Gasteiger partial charge >= 0.3 is 0 Å². The smallest absolute Gasteiger partial charge is 0.195 e. The molecule has 5 nitrogen and oxygen atoms in total. The van der Waals surface area contributed by atoms with Crippen molar-refractivity contribution in [1.29, 1.82) is 0 Å². The first-order valence-corrected chi connectivity index (χ1v) is 44.5. The Labute approximate surface area is 781 Å². The molecule has 17 aromatic carbocycles. The van der Waals surface area contributed by atoms with Crippen molar-refractivity contribution in [2.24, 2.45) is 0 Å². The molecule has 0 atom stereocenters. The maximum Gasteiger partial charge on any atom is 0.195 e. The second kappa shape index (κ2) is 39.0. The average molecular weight is 1710 g/mol. The molecule has 0 fully saturated rings. The van der Waals surface area contributed by atoms with Crippen LogP contribution in [0.3, 0.4) is 0 Å². The minimum atomic E-state index is -0.118. The van der Waals surface area contributed by atoms with Crippen LogP contribution in [0.2, 0.25) is 0 Å². The molecule has 0 aromatic heterocycles. The number of carbonyl (C=O) groups excluding carboxylic acids is 3. The van der Waals surface area contributed by atoms with Gasteiger partial charge in [-0.05, 0) is 223 Å². The van der Waals surface area contributed by atoms with Gasteiger partial charge in [0.05, 0.1) is 0 Å².